The van der Waals surface area contributed by atoms with Gasteiger partial charge in [-0.05, 0) is 12.1 Å². The van der Waals surface area contributed by atoms with E-state index in [1.165, 1.54) is 0 Å². The largest absolute Gasteiger partial charge is 0.508 e. The third-order valence-electron chi connectivity index (χ3n) is 1.53. The molecule has 0 saturated heterocycles. The van der Waals surface area contributed by atoms with E-state index in [9.17, 15) is 5.11 Å². The molecule has 0 saturated carbocycles. The summed E-state index contributed by atoms with van der Waals surface area (Å²) >= 11 is 1.56. The molecule has 2 aromatic rings. The first-order valence-electron chi connectivity index (χ1n) is 3.55. The van der Waals surface area contributed by atoms with Crippen LogP contribution in [-0.2, 0) is 0 Å². The molecule has 0 radical (unpaired) electrons. The van der Waals surface area contributed by atoms with Crippen LogP contribution in [-0.4, -0.2) is 10.1 Å². The minimum absolute atomic E-state index is 0.280. The third-order valence-corrected chi connectivity index (χ3v) is 2.35. The van der Waals surface area contributed by atoms with Crippen molar-refractivity contribution < 1.29 is 5.11 Å². The molecule has 0 amide bonds. The first kappa shape index (κ1) is 7.31. The standard InChI is InChI=1S/C9H7NOS/c11-8-3-1-2-7(6-8)9-10-4-5-12-9/h1-6,11H. The van der Waals surface area contributed by atoms with Gasteiger partial charge in [-0.15, -0.1) is 11.3 Å². The van der Waals surface area contributed by atoms with Crippen LogP contribution in [0.3, 0.4) is 0 Å². The number of phenolic OH excluding ortho intramolecular Hbond substituents is 1. The molecular formula is C9H7NOS. The van der Waals surface area contributed by atoms with Crippen molar-refractivity contribution in [3.8, 4) is 16.3 Å². The van der Waals surface area contributed by atoms with E-state index in [2.05, 4.69) is 4.98 Å². The van der Waals surface area contributed by atoms with Gasteiger partial charge in [-0.3, -0.25) is 0 Å². The van der Waals surface area contributed by atoms with Gasteiger partial charge in [0, 0.05) is 17.1 Å². The Balaban J connectivity index is 2.48. The summed E-state index contributed by atoms with van der Waals surface area (Å²) in [6.45, 7) is 0. The van der Waals surface area contributed by atoms with Crippen molar-refractivity contribution in [2.45, 2.75) is 0 Å². The van der Waals surface area contributed by atoms with Crippen molar-refractivity contribution >= 4 is 11.3 Å². The number of hydrogen-bond donors (Lipinski definition) is 1. The van der Waals surface area contributed by atoms with Gasteiger partial charge in [0.1, 0.15) is 10.8 Å². The Bertz CT molecular complexity index is 370. The molecule has 1 N–H and O–H groups in total. The number of aromatic nitrogens is 1. The molecule has 1 heterocycles. The molecule has 0 unspecified atom stereocenters. The van der Waals surface area contributed by atoms with Crippen molar-refractivity contribution in [3.63, 3.8) is 0 Å². The predicted octanol–water partition coefficient (Wildman–Crippen LogP) is 2.52. The highest BCUT2D eigenvalue weighted by molar-refractivity contribution is 7.13. The van der Waals surface area contributed by atoms with Crippen LogP contribution < -0.4 is 0 Å². The highest BCUT2D eigenvalue weighted by Crippen LogP contribution is 2.24. The lowest BCUT2D eigenvalue weighted by Crippen LogP contribution is -1.73. The molecule has 0 atom stereocenters. The van der Waals surface area contributed by atoms with Crippen LogP contribution in [0.5, 0.6) is 5.75 Å². The normalized spacial score (nSPS) is 10.0. The number of thiazole rings is 1. The van der Waals surface area contributed by atoms with Crippen LogP contribution in [0.4, 0.5) is 0 Å². The summed E-state index contributed by atoms with van der Waals surface area (Å²) in [5, 5.41) is 12.0. The van der Waals surface area contributed by atoms with Crippen LogP contribution in [0.15, 0.2) is 35.8 Å². The first-order valence-corrected chi connectivity index (χ1v) is 4.43. The Labute approximate surface area is 74.1 Å². The quantitative estimate of drug-likeness (QED) is 0.726. The monoisotopic (exact) mass is 177 g/mol. The molecule has 2 rings (SSSR count). The van der Waals surface area contributed by atoms with E-state index < -0.39 is 0 Å². The second kappa shape index (κ2) is 2.95. The van der Waals surface area contributed by atoms with Crippen LogP contribution >= 0.6 is 11.3 Å². The Morgan fingerprint density at radius 1 is 1.33 bits per heavy atom. The maximum atomic E-state index is 9.19. The van der Waals surface area contributed by atoms with E-state index in [4.69, 9.17) is 0 Å². The summed E-state index contributed by atoms with van der Waals surface area (Å²) in [6.07, 6.45) is 1.75. The van der Waals surface area contributed by atoms with Crippen LogP contribution in [0.2, 0.25) is 0 Å². The molecule has 0 spiro atoms. The molecule has 3 heteroatoms. The summed E-state index contributed by atoms with van der Waals surface area (Å²) in [7, 11) is 0. The molecule has 1 aromatic carbocycles. The van der Waals surface area contributed by atoms with Crippen molar-refractivity contribution in [3.05, 3.63) is 35.8 Å². The SMILES string of the molecule is Oc1cccc(-c2nccs2)c1. The number of nitrogens with zero attached hydrogens (tertiary/aromatic N) is 1. The number of rotatable bonds is 1. The van der Waals surface area contributed by atoms with Gasteiger partial charge in [-0.25, -0.2) is 4.98 Å². The summed E-state index contributed by atoms with van der Waals surface area (Å²) in [5.74, 6) is 0.280. The zero-order valence-corrected chi connectivity index (χ0v) is 7.08. The van der Waals surface area contributed by atoms with Crippen LogP contribution in [0.25, 0.3) is 10.6 Å². The minimum atomic E-state index is 0.280. The molecular weight excluding hydrogens is 170 g/mol. The minimum Gasteiger partial charge on any atom is -0.508 e. The molecule has 12 heavy (non-hydrogen) atoms. The fourth-order valence-electron chi connectivity index (χ4n) is 1.00. The molecule has 0 aliphatic rings. The van der Waals surface area contributed by atoms with Gasteiger partial charge in [-0.1, -0.05) is 12.1 Å². The van der Waals surface area contributed by atoms with E-state index in [1.54, 1.807) is 29.7 Å². The molecule has 60 valence electrons. The number of hydrogen-bond acceptors (Lipinski definition) is 3. The summed E-state index contributed by atoms with van der Waals surface area (Å²) < 4.78 is 0. The molecule has 1 aromatic heterocycles. The van der Waals surface area contributed by atoms with Gasteiger partial charge in [0.05, 0.1) is 0 Å². The Morgan fingerprint density at radius 2 is 2.25 bits per heavy atom. The fraction of sp³-hybridized carbons (Fsp3) is 0. The second-order valence-electron chi connectivity index (χ2n) is 2.39. The third kappa shape index (κ3) is 1.31. The van der Waals surface area contributed by atoms with Crippen molar-refractivity contribution in [2.24, 2.45) is 0 Å². The summed E-state index contributed by atoms with van der Waals surface area (Å²) in [5.41, 5.74) is 0.963. The van der Waals surface area contributed by atoms with E-state index >= 15 is 0 Å². The molecule has 0 fully saturated rings. The van der Waals surface area contributed by atoms with Gasteiger partial charge in [0.25, 0.3) is 0 Å². The molecule has 0 aliphatic carbocycles. The Kier molecular flexibility index (Phi) is 1.80. The van der Waals surface area contributed by atoms with Crippen LogP contribution in [0.1, 0.15) is 0 Å². The smallest absolute Gasteiger partial charge is 0.123 e. The van der Waals surface area contributed by atoms with Crippen molar-refractivity contribution in [2.75, 3.05) is 0 Å². The predicted molar refractivity (Wildman–Crippen MR) is 49.2 cm³/mol. The lowest BCUT2D eigenvalue weighted by atomic mass is 10.2. The van der Waals surface area contributed by atoms with Crippen molar-refractivity contribution in [1.29, 1.82) is 0 Å². The number of aromatic hydroxyl groups is 1. The Morgan fingerprint density at radius 3 is 2.92 bits per heavy atom. The number of phenols is 1. The Hall–Kier alpha value is -1.35. The highest BCUT2D eigenvalue weighted by atomic mass is 32.1. The molecule has 0 bridgehead atoms. The first-order chi connectivity index (χ1) is 5.86. The zero-order valence-electron chi connectivity index (χ0n) is 6.27. The molecule has 2 nitrogen and oxygen atoms in total. The maximum absolute atomic E-state index is 9.19. The van der Waals surface area contributed by atoms with Gasteiger partial charge in [-0.2, -0.15) is 0 Å². The fourth-order valence-corrected chi connectivity index (χ4v) is 1.64. The average Bonchev–Trinajstić information content (AvgIpc) is 2.56. The van der Waals surface area contributed by atoms with E-state index in [1.807, 2.05) is 17.5 Å². The zero-order chi connectivity index (χ0) is 8.39. The van der Waals surface area contributed by atoms with E-state index in [-0.39, 0.29) is 5.75 Å². The average molecular weight is 177 g/mol. The maximum Gasteiger partial charge on any atom is 0.123 e. The lowest BCUT2D eigenvalue weighted by molar-refractivity contribution is 0.475. The van der Waals surface area contributed by atoms with E-state index in [0.29, 0.717) is 0 Å². The topological polar surface area (TPSA) is 33.1 Å². The van der Waals surface area contributed by atoms with E-state index in [0.717, 1.165) is 10.6 Å². The lowest BCUT2D eigenvalue weighted by Gasteiger charge is -1.95. The molecule has 0 aliphatic heterocycles. The second-order valence-corrected chi connectivity index (χ2v) is 3.28. The van der Waals surface area contributed by atoms with Gasteiger partial charge < -0.3 is 5.11 Å². The summed E-state index contributed by atoms with van der Waals surface area (Å²) in [6, 6.07) is 7.10. The van der Waals surface area contributed by atoms with Crippen molar-refractivity contribution in [1.82, 2.24) is 4.98 Å². The van der Waals surface area contributed by atoms with Gasteiger partial charge in [0.2, 0.25) is 0 Å². The van der Waals surface area contributed by atoms with Gasteiger partial charge in [0.15, 0.2) is 0 Å². The van der Waals surface area contributed by atoms with Gasteiger partial charge >= 0.3 is 0 Å². The highest BCUT2D eigenvalue weighted by Gasteiger charge is 1.99. The number of benzene rings is 1. The summed E-state index contributed by atoms with van der Waals surface area (Å²) in [4.78, 5) is 4.14. The van der Waals surface area contributed by atoms with Crippen LogP contribution in [0, 0.1) is 0 Å².